The molecule has 0 radical (unpaired) electrons. The molecule has 0 bridgehead atoms. The van der Waals surface area contributed by atoms with Crippen molar-refractivity contribution in [3.8, 4) is 0 Å². The van der Waals surface area contributed by atoms with Crippen LogP contribution in [0.5, 0.6) is 0 Å². The molecule has 0 aliphatic heterocycles. The Labute approximate surface area is 204 Å². The number of unbranched alkanes of at least 4 members (excludes halogenated alkanes) is 1. The first-order chi connectivity index (χ1) is 15.9. The lowest BCUT2D eigenvalue weighted by atomic mass is 10.1. The van der Waals surface area contributed by atoms with E-state index in [1.807, 2.05) is 64.1 Å². The van der Waals surface area contributed by atoms with E-state index >= 15 is 0 Å². The molecule has 8 heteroatoms. The molecule has 0 spiro atoms. The van der Waals surface area contributed by atoms with E-state index in [4.69, 9.17) is 0 Å². The molecular weight excluding hydrogens is 450 g/mol. The van der Waals surface area contributed by atoms with Gasteiger partial charge in [0.1, 0.15) is 12.6 Å². The number of carbonyl (C=O) groups is 2. The van der Waals surface area contributed by atoms with Crippen molar-refractivity contribution in [2.45, 2.75) is 60.0 Å². The summed E-state index contributed by atoms with van der Waals surface area (Å²) < 4.78 is 26.5. The molecule has 2 aromatic carbocycles. The van der Waals surface area contributed by atoms with Gasteiger partial charge in [-0.25, -0.2) is 8.42 Å². The molecule has 0 heterocycles. The van der Waals surface area contributed by atoms with Crippen LogP contribution >= 0.6 is 0 Å². The van der Waals surface area contributed by atoms with E-state index in [-0.39, 0.29) is 19.0 Å². The minimum Gasteiger partial charge on any atom is -0.354 e. The average molecular weight is 488 g/mol. The van der Waals surface area contributed by atoms with E-state index in [1.165, 1.54) is 4.90 Å². The molecule has 0 aliphatic carbocycles. The molecule has 7 nitrogen and oxygen atoms in total. The second kappa shape index (κ2) is 12.0. The van der Waals surface area contributed by atoms with E-state index in [2.05, 4.69) is 5.32 Å². The highest BCUT2D eigenvalue weighted by molar-refractivity contribution is 7.92. The van der Waals surface area contributed by atoms with Gasteiger partial charge in [-0.05, 0) is 51.3 Å². The zero-order valence-corrected chi connectivity index (χ0v) is 21.9. The lowest BCUT2D eigenvalue weighted by Crippen LogP contribution is -2.51. The molecule has 34 heavy (non-hydrogen) atoms. The molecule has 1 unspecified atom stereocenters. The molecule has 2 amide bonds. The summed E-state index contributed by atoms with van der Waals surface area (Å²) in [6.45, 7) is 9.78. The number of nitrogens with one attached hydrogen (secondary N) is 1. The maximum absolute atomic E-state index is 13.5. The summed E-state index contributed by atoms with van der Waals surface area (Å²) in [6, 6.07) is 12.4. The van der Waals surface area contributed by atoms with Crippen LogP contribution < -0.4 is 9.62 Å². The van der Waals surface area contributed by atoms with Crippen LogP contribution in [0.2, 0.25) is 0 Å². The van der Waals surface area contributed by atoms with Crippen molar-refractivity contribution in [2.75, 3.05) is 23.7 Å². The Kier molecular flexibility index (Phi) is 9.67. The van der Waals surface area contributed by atoms with E-state index in [9.17, 15) is 18.0 Å². The van der Waals surface area contributed by atoms with Crippen LogP contribution in [-0.2, 0) is 26.2 Å². The third-order valence-corrected chi connectivity index (χ3v) is 6.90. The van der Waals surface area contributed by atoms with Gasteiger partial charge in [0.25, 0.3) is 0 Å². The molecule has 1 N–H and O–H groups in total. The predicted molar refractivity (Wildman–Crippen MR) is 137 cm³/mol. The summed E-state index contributed by atoms with van der Waals surface area (Å²) in [5, 5.41) is 2.88. The largest absolute Gasteiger partial charge is 0.354 e. The van der Waals surface area contributed by atoms with Crippen LogP contribution in [0.1, 0.15) is 48.9 Å². The fraction of sp³-hybridized carbons (Fsp3) is 0.462. The van der Waals surface area contributed by atoms with Gasteiger partial charge in [-0.2, -0.15) is 0 Å². The van der Waals surface area contributed by atoms with Gasteiger partial charge >= 0.3 is 0 Å². The predicted octanol–water partition coefficient (Wildman–Crippen LogP) is 3.71. The Morgan fingerprint density at radius 2 is 1.62 bits per heavy atom. The number of carbonyl (C=O) groups excluding carboxylic acids is 2. The third kappa shape index (κ3) is 7.58. The summed E-state index contributed by atoms with van der Waals surface area (Å²) >= 11 is 0. The maximum atomic E-state index is 13.5. The highest BCUT2D eigenvalue weighted by atomic mass is 32.2. The zero-order valence-electron chi connectivity index (χ0n) is 21.1. The number of aryl methyl sites for hydroxylation is 3. The van der Waals surface area contributed by atoms with Gasteiger partial charge in [0, 0.05) is 13.1 Å². The SMILES string of the molecule is CCCCNC(=O)C(C)N(Cc1ccc(C)cc1)C(=O)CN(c1ccc(C)cc1C)S(C)(=O)=O. The van der Waals surface area contributed by atoms with E-state index < -0.39 is 22.0 Å². The van der Waals surface area contributed by atoms with Crippen molar-refractivity contribution < 1.29 is 18.0 Å². The number of anilines is 1. The van der Waals surface area contributed by atoms with E-state index in [0.29, 0.717) is 12.2 Å². The molecule has 0 aromatic heterocycles. The topological polar surface area (TPSA) is 86.8 Å². The molecule has 2 rings (SSSR count). The van der Waals surface area contributed by atoms with Crippen molar-refractivity contribution in [2.24, 2.45) is 0 Å². The van der Waals surface area contributed by atoms with E-state index in [1.54, 1.807) is 13.0 Å². The second-order valence-electron chi connectivity index (χ2n) is 8.89. The molecule has 0 aliphatic rings. The monoisotopic (exact) mass is 487 g/mol. The van der Waals surface area contributed by atoms with Crippen LogP contribution in [0.15, 0.2) is 42.5 Å². The Balaban J connectivity index is 2.37. The fourth-order valence-corrected chi connectivity index (χ4v) is 4.60. The number of hydrogen-bond acceptors (Lipinski definition) is 4. The number of hydrogen-bond donors (Lipinski definition) is 1. The van der Waals surface area contributed by atoms with E-state index in [0.717, 1.165) is 45.7 Å². The van der Waals surface area contributed by atoms with Crippen LogP contribution in [0.25, 0.3) is 0 Å². The van der Waals surface area contributed by atoms with Gasteiger partial charge < -0.3 is 10.2 Å². The molecule has 0 fully saturated rings. The fourth-order valence-electron chi connectivity index (χ4n) is 3.69. The third-order valence-electron chi connectivity index (χ3n) is 5.77. The quantitative estimate of drug-likeness (QED) is 0.490. The van der Waals surface area contributed by atoms with Gasteiger partial charge in [0.15, 0.2) is 0 Å². The Morgan fingerprint density at radius 3 is 2.18 bits per heavy atom. The van der Waals surface area contributed by atoms with Gasteiger partial charge in [0.2, 0.25) is 21.8 Å². The lowest BCUT2D eigenvalue weighted by molar-refractivity contribution is -0.139. The molecule has 2 aromatic rings. The van der Waals surface area contributed by atoms with Crippen LogP contribution in [0.3, 0.4) is 0 Å². The second-order valence-corrected chi connectivity index (χ2v) is 10.8. The zero-order chi connectivity index (χ0) is 25.5. The molecular formula is C26H37N3O4S. The number of nitrogens with zero attached hydrogens (tertiary/aromatic N) is 2. The molecule has 1 atom stereocenters. The summed E-state index contributed by atoms with van der Waals surface area (Å²) in [7, 11) is -3.74. The Bertz CT molecular complexity index is 1100. The standard InChI is InChI=1S/C26H37N3O4S/c1-7-8-15-27-26(31)22(5)28(17-23-12-9-19(2)10-13-23)25(30)18-29(34(6,32)33)24-14-11-20(3)16-21(24)4/h9-14,16,22H,7-8,15,17-18H2,1-6H3,(H,27,31). The first-order valence-corrected chi connectivity index (χ1v) is 13.5. The Morgan fingerprint density at radius 1 is 1.00 bits per heavy atom. The van der Waals surface area contributed by atoms with Crippen molar-refractivity contribution >= 4 is 27.5 Å². The first-order valence-electron chi connectivity index (χ1n) is 11.6. The highest BCUT2D eigenvalue weighted by Crippen LogP contribution is 2.24. The molecule has 0 saturated carbocycles. The van der Waals surface area contributed by atoms with Gasteiger partial charge in [0.05, 0.1) is 11.9 Å². The highest BCUT2D eigenvalue weighted by Gasteiger charge is 2.30. The summed E-state index contributed by atoms with van der Waals surface area (Å²) in [4.78, 5) is 27.8. The van der Waals surface area contributed by atoms with Crippen LogP contribution in [0.4, 0.5) is 5.69 Å². The minimum absolute atomic E-state index is 0.200. The van der Waals surface area contributed by atoms with Crippen LogP contribution in [0, 0.1) is 20.8 Å². The average Bonchev–Trinajstić information content (AvgIpc) is 2.76. The number of rotatable bonds is 11. The molecule has 186 valence electrons. The van der Waals surface area contributed by atoms with Gasteiger partial charge in [-0.1, -0.05) is 60.9 Å². The van der Waals surface area contributed by atoms with Crippen molar-refractivity contribution in [1.29, 1.82) is 0 Å². The normalized spacial score (nSPS) is 12.2. The van der Waals surface area contributed by atoms with Crippen molar-refractivity contribution in [3.05, 3.63) is 64.7 Å². The lowest BCUT2D eigenvalue weighted by Gasteiger charge is -2.32. The smallest absolute Gasteiger partial charge is 0.244 e. The van der Waals surface area contributed by atoms with Gasteiger partial charge in [-0.3, -0.25) is 13.9 Å². The summed E-state index contributed by atoms with van der Waals surface area (Å²) in [5.74, 6) is -0.699. The summed E-state index contributed by atoms with van der Waals surface area (Å²) in [5.41, 5.74) is 4.17. The summed E-state index contributed by atoms with van der Waals surface area (Å²) in [6.07, 6.45) is 2.88. The number of benzene rings is 2. The number of amides is 2. The van der Waals surface area contributed by atoms with Gasteiger partial charge in [-0.15, -0.1) is 0 Å². The van der Waals surface area contributed by atoms with Crippen molar-refractivity contribution in [3.63, 3.8) is 0 Å². The minimum atomic E-state index is -3.74. The Hall–Kier alpha value is -2.87. The molecule has 0 saturated heterocycles. The first kappa shape index (κ1) is 27.4. The number of sulfonamides is 1. The van der Waals surface area contributed by atoms with Crippen molar-refractivity contribution in [1.82, 2.24) is 10.2 Å². The van der Waals surface area contributed by atoms with Crippen LogP contribution in [-0.4, -0.2) is 50.5 Å². The maximum Gasteiger partial charge on any atom is 0.244 e.